The van der Waals surface area contributed by atoms with Crippen molar-refractivity contribution < 1.29 is 9.59 Å². The van der Waals surface area contributed by atoms with E-state index in [1.165, 1.54) is 12.7 Å². The van der Waals surface area contributed by atoms with Gasteiger partial charge in [-0.25, -0.2) is 9.97 Å². The van der Waals surface area contributed by atoms with E-state index in [1.807, 2.05) is 0 Å². The highest BCUT2D eigenvalue weighted by Crippen LogP contribution is 2.11. The van der Waals surface area contributed by atoms with Crippen molar-refractivity contribution in [1.29, 1.82) is 0 Å². The molecule has 0 aliphatic carbocycles. The molecule has 1 aromatic carbocycles. The van der Waals surface area contributed by atoms with Gasteiger partial charge in [0, 0.05) is 37.3 Å². The van der Waals surface area contributed by atoms with Crippen LogP contribution in [0, 0.1) is 0 Å². The number of nitrogens with one attached hydrogen (secondary N) is 3. The van der Waals surface area contributed by atoms with E-state index in [4.69, 9.17) is 0 Å². The lowest BCUT2D eigenvalue weighted by molar-refractivity contribution is -0.116. The summed E-state index contributed by atoms with van der Waals surface area (Å²) in [5, 5.41) is 5.71. The minimum Gasteiger partial charge on any atom is -0.351 e. The first kappa shape index (κ1) is 22.2. The first-order chi connectivity index (χ1) is 15.0. The van der Waals surface area contributed by atoms with Crippen molar-refractivity contribution in [2.45, 2.75) is 26.8 Å². The Labute approximate surface area is 179 Å². The minimum atomic E-state index is -0.314. The molecule has 3 aromatic rings. The Morgan fingerprint density at radius 3 is 2.58 bits per heavy atom. The lowest BCUT2D eigenvalue weighted by atomic mass is 10.2. The predicted octanol–water partition coefficient (Wildman–Crippen LogP) is 1.22. The van der Waals surface area contributed by atoms with Crippen molar-refractivity contribution >= 4 is 28.7 Å². The molecule has 3 rings (SSSR count). The molecule has 0 bridgehead atoms. The van der Waals surface area contributed by atoms with Crippen molar-refractivity contribution in [1.82, 2.24) is 29.7 Å². The molecule has 31 heavy (non-hydrogen) atoms. The number of anilines is 1. The van der Waals surface area contributed by atoms with Crippen LogP contribution in [0.15, 0.2) is 41.7 Å². The number of carbonyl (C=O) groups excluding carboxylic acids is 2. The zero-order valence-corrected chi connectivity index (χ0v) is 17.7. The summed E-state index contributed by atoms with van der Waals surface area (Å²) in [6.45, 7) is 7.82. The quantitative estimate of drug-likeness (QED) is 0.449. The van der Waals surface area contributed by atoms with E-state index in [-0.39, 0.29) is 29.3 Å². The second-order valence-electron chi connectivity index (χ2n) is 7.00. The van der Waals surface area contributed by atoms with Crippen LogP contribution in [-0.4, -0.2) is 62.4 Å². The predicted molar refractivity (Wildman–Crippen MR) is 118 cm³/mol. The molecule has 10 nitrogen and oxygen atoms in total. The first-order valence-corrected chi connectivity index (χ1v) is 10.3. The van der Waals surface area contributed by atoms with Gasteiger partial charge in [-0.15, -0.1) is 0 Å². The van der Waals surface area contributed by atoms with Gasteiger partial charge >= 0.3 is 0 Å². The average Bonchev–Trinajstić information content (AvgIpc) is 3.20. The van der Waals surface area contributed by atoms with Crippen molar-refractivity contribution in [3.05, 3.63) is 52.8 Å². The number of carbonyl (C=O) groups is 2. The zero-order chi connectivity index (χ0) is 22.2. The average molecular weight is 425 g/mol. The Hall–Kier alpha value is -3.53. The van der Waals surface area contributed by atoms with Crippen molar-refractivity contribution in [3.8, 4) is 0 Å². The van der Waals surface area contributed by atoms with E-state index >= 15 is 0 Å². The summed E-state index contributed by atoms with van der Waals surface area (Å²) in [4.78, 5) is 49.0. The number of amides is 2. The van der Waals surface area contributed by atoms with Crippen LogP contribution in [0.25, 0.3) is 11.2 Å². The number of nitrogens with zero attached hydrogens (tertiary/aromatic N) is 4. The van der Waals surface area contributed by atoms with Crippen LogP contribution in [0.2, 0.25) is 0 Å². The van der Waals surface area contributed by atoms with Crippen LogP contribution in [-0.2, 0) is 11.3 Å². The van der Waals surface area contributed by atoms with Crippen LogP contribution >= 0.6 is 0 Å². The normalized spacial score (nSPS) is 11.1. The standard InChI is InChI=1S/C21H27N7O3/c1-3-27(4-2)12-10-22-20(30)15-5-7-16(8-6-15)26-17(29)9-11-28-14-25-18-19(28)23-13-24-21(18)31/h5-8,13-14H,3-4,9-12H2,1-2H3,(H,22,30)(H,26,29)(H,23,24,31). The molecular formula is C21H27N7O3. The fourth-order valence-corrected chi connectivity index (χ4v) is 3.18. The van der Waals surface area contributed by atoms with E-state index in [9.17, 15) is 14.4 Å². The van der Waals surface area contributed by atoms with Crippen molar-refractivity contribution in [3.63, 3.8) is 0 Å². The third-order valence-corrected chi connectivity index (χ3v) is 5.03. The molecule has 164 valence electrons. The van der Waals surface area contributed by atoms with Gasteiger partial charge in [0.05, 0.1) is 12.7 Å². The molecule has 0 unspecified atom stereocenters. The summed E-state index contributed by atoms with van der Waals surface area (Å²) in [6, 6.07) is 6.76. The zero-order valence-electron chi connectivity index (χ0n) is 17.7. The van der Waals surface area contributed by atoms with E-state index in [0.717, 1.165) is 19.6 Å². The second kappa shape index (κ2) is 10.5. The van der Waals surface area contributed by atoms with Gasteiger partial charge in [0.25, 0.3) is 11.5 Å². The van der Waals surface area contributed by atoms with Crippen molar-refractivity contribution in [2.75, 3.05) is 31.5 Å². The van der Waals surface area contributed by atoms with Gasteiger partial charge in [-0.2, -0.15) is 0 Å². The van der Waals surface area contributed by atoms with Gasteiger partial charge in [0.1, 0.15) is 0 Å². The lowest BCUT2D eigenvalue weighted by Crippen LogP contribution is -2.34. The summed E-state index contributed by atoms with van der Waals surface area (Å²) in [7, 11) is 0. The number of hydrogen-bond acceptors (Lipinski definition) is 6. The number of aromatic nitrogens is 4. The number of benzene rings is 1. The molecule has 2 aromatic heterocycles. The number of H-pyrrole nitrogens is 1. The summed E-state index contributed by atoms with van der Waals surface area (Å²) in [6.07, 6.45) is 2.99. The molecule has 3 N–H and O–H groups in total. The van der Waals surface area contributed by atoms with Crippen molar-refractivity contribution in [2.24, 2.45) is 0 Å². The van der Waals surface area contributed by atoms with Crippen LogP contribution in [0.4, 0.5) is 5.69 Å². The number of hydrogen-bond donors (Lipinski definition) is 3. The minimum absolute atomic E-state index is 0.139. The van der Waals surface area contributed by atoms with Gasteiger partial charge in [-0.05, 0) is 37.4 Å². The highest BCUT2D eigenvalue weighted by Gasteiger charge is 2.10. The molecular weight excluding hydrogens is 398 g/mol. The Balaban J connectivity index is 1.48. The topological polar surface area (TPSA) is 125 Å². The number of aryl methyl sites for hydroxylation is 1. The Kier molecular flexibility index (Phi) is 7.50. The lowest BCUT2D eigenvalue weighted by Gasteiger charge is -2.18. The molecule has 0 atom stereocenters. The van der Waals surface area contributed by atoms with Gasteiger partial charge in [-0.3, -0.25) is 14.4 Å². The van der Waals surface area contributed by atoms with Gasteiger partial charge in [0.15, 0.2) is 11.2 Å². The third kappa shape index (κ3) is 5.76. The summed E-state index contributed by atoms with van der Waals surface area (Å²) in [5.74, 6) is -0.331. The maximum Gasteiger partial charge on any atom is 0.278 e. The Morgan fingerprint density at radius 1 is 1.13 bits per heavy atom. The van der Waals surface area contributed by atoms with E-state index < -0.39 is 0 Å². The number of fused-ring (bicyclic) bond motifs is 1. The van der Waals surface area contributed by atoms with Crippen LogP contribution < -0.4 is 16.2 Å². The van der Waals surface area contributed by atoms with Gasteiger partial charge < -0.3 is 25.1 Å². The maximum absolute atomic E-state index is 12.3. The number of imidazole rings is 1. The molecule has 0 radical (unpaired) electrons. The molecule has 0 saturated heterocycles. The summed E-state index contributed by atoms with van der Waals surface area (Å²) >= 11 is 0. The molecule has 2 amide bonds. The van der Waals surface area contributed by atoms with E-state index in [1.54, 1.807) is 28.8 Å². The van der Waals surface area contributed by atoms with E-state index in [0.29, 0.717) is 30.0 Å². The second-order valence-corrected chi connectivity index (χ2v) is 7.00. The monoisotopic (exact) mass is 425 g/mol. The van der Waals surface area contributed by atoms with Crippen LogP contribution in [0.1, 0.15) is 30.6 Å². The number of likely N-dealkylation sites (N-methyl/N-ethyl adjacent to an activating group) is 1. The van der Waals surface area contributed by atoms with Gasteiger partial charge in [-0.1, -0.05) is 13.8 Å². The molecule has 2 heterocycles. The largest absolute Gasteiger partial charge is 0.351 e. The Morgan fingerprint density at radius 2 is 1.87 bits per heavy atom. The highest BCUT2D eigenvalue weighted by atomic mass is 16.2. The molecule has 0 fully saturated rings. The SMILES string of the molecule is CCN(CC)CCNC(=O)c1ccc(NC(=O)CCn2cnc3c(=O)[nH]cnc32)cc1. The molecule has 0 aliphatic heterocycles. The maximum atomic E-state index is 12.3. The number of aromatic amines is 1. The molecule has 0 aliphatic rings. The fraction of sp³-hybridized carbons (Fsp3) is 0.381. The molecule has 0 spiro atoms. The first-order valence-electron chi connectivity index (χ1n) is 10.3. The van der Waals surface area contributed by atoms with Gasteiger partial charge in [0.2, 0.25) is 5.91 Å². The smallest absolute Gasteiger partial charge is 0.278 e. The molecule has 10 heteroatoms. The van der Waals surface area contributed by atoms with Crippen LogP contribution in [0.3, 0.4) is 0 Å². The fourth-order valence-electron chi connectivity index (χ4n) is 3.18. The van der Waals surface area contributed by atoms with Crippen LogP contribution in [0.5, 0.6) is 0 Å². The Bertz CT molecular complexity index is 1080. The van der Waals surface area contributed by atoms with E-state index in [2.05, 4.69) is 44.3 Å². The third-order valence-electron chi connectivity index (χ3n) is 5.03. The number of rotatable bonds is 10. The summed E-state index contributed by atoms with van der Waals surface area (Å²) < 4.78 is 1.66. The highest BCUT2D eigenvalue weighted by molar-refractivity contribution is 5.95. The molecule has 0 saturated carbocycles. The summed E-state index contributed by atoms with van der Waals surface area (Å²) in [5.41, 5.74) is 1.51.